The van der Waals surface area contributed by atoms with Crippen LogP contribution in [0.25, 0.3) is 10.2 Å². The van der Waals surface area contributed by atoms with Gasteiger partial charge in [-0.25, -0.2) is 0 Å². The van der Waals surface area contributed by atoms with Gasteiger partial charge in [0.15, 0.2) is 10.5 Å². The number of aromatic nitrogens is 3. The molecule has 2 heterocycles. The Labute approximate surface area is 144 Å². The molecule has 0 radical (unpaired) electrons. The average molecular weight is 344 g/mol. The SMILES string of the molecule is CCn1c(=NC(=O)c2ccn(C(C)C)n2)sc2cc(OC)ccc21. The fraction of sp³-hybridized carbons (Fsp3) is 0.353. The molecule has 0 bridgehead atoms. The van der Waals surface area contributed by atoms with Crippen LogP contribution in [-0.4, -0.2) is 27.4 Å². The minimum absolute atomic E-state index is 0.212. The molecule has 7 heteroatoms. The molecular weight excluding hydrogens is 324 g/mol. The highest BCUT2D eigenvalue weighted by Gasteiger charge is 2.12. The lowest BCUT2D eigenvalue weighted by molar-refractivity contribution is 0.0992. The van der Waals surface area contributed by atoms with Crippen LogP contribution in [0.2, 0.25) is 0 Å². The molecule has 0 atom stereocenters. The maximum atomic E-state index is 12.4. The average Bonchev–Trinajstić information content (AvgIpc) is 3.18. The molecule has 0 N–H and O–H groups in total. The lowest BCUT2D eigenvalue weighted by Gasteiger charge is -2.03. The standard InChI is InChI=1S/C17H20N4O2S/c1-5-20-14-7-6-12(23-4)10-15(14)24-17(20)18-16(22)13-8-9-21(19-13)11(2)3/h6-11H,5H2,1-4H3. The predicted molar refractivity (Wildman–Crippen MR) is 94.5 cm³/mol. The molecule has 0 saturated carbocycles. The third kappa shape index (κ3) is 2.99. The summed E-state index contributed by atoms with van der Waals surface area (Å²) in [6.45, 7) is 6.80. The van der Waals surface area contributed by atoms with Gasteiger partial charge in [-0.05, 0) is 45.0 Å². The second kappa shape index (κ2) is 6.60. The number of carbonyl (C=O) groups excluding carboxylic acids is 1. The molecule has 1 aromatic carbocycles. The van der Waals surface area contributed by atoms with Gasteiger partial charge < -0.3 is 9.30 Å². The summed E-state index contributed by atoms with van der Waals surface area (Å²) in [5.41, 5.74) is 1.41. The number of ether oxygens (including phenoxy) is 1. The number of fused-ring (bicyclic) bond motifs is 1. The van der Waals surface area contributed by atoms with E-state index in [1.54, 1.807) is 24.1 Å². The first kappa shape index (κ1) is 16.4. The maximum absolute atomic E-state index is 12.4. The summed E-state index contributed by atoms with van der Waals surface area (Å²) in [5.74, 6) is 0.468. The first-order valence-electron chi connectivity index (χ1n) is 7.85. The summed E-state index contributed by atoms with van der Waals surface area (Å²) in [6.07, 6.45) is 1.80. The normalized spacial score (nSPS) is 12.3. The molecule has 0 fully saturated rings. The molecule has 0 aliphatic heterocycles. The topological polar surface area (TPSA) is 61.4 Å². The van der Waals surface area contributed by atoms with Crippen molar-refractivity contribution in [3.05, 3.63) is 41.0 Å². The van der Waals surface area contributed by atoms with E-state index in [0.29, 0.717) is 10.5 Å². The van der Waals surface area contributed by atoms with Gasteiger partial charge in [0.1, 0.15) is 5.75 Å². The fourth-order valence-electron chi connectivity index (χ4n) is 2.46. The Kier molecular flexibility index (Phi) is 4.53. The van der Waals surface area contributed by atoms with Crippen molar-refractivity contribution in [3.63, 3.8) is 0 Å². The Morgan fingerprint density at radius 2 is 2.17 bits per heavy atom. The number of aryl methyl sites for hydroxylation is 1. The lowest BCUT2D eigenvalue weighted by atomic mass is 10.3. The Hall–Kier alpha value is -2.41. The van der Waals surface area contributed by atoms with Crippen LogP contribution >= 0.6 is 11.3 Å². The lowest BCUT2D eigenvalue weighted by Crippen LogP contribution is -2.16. The van der Waals surface area contributed by atoms with E-state index >= 15 is 0 Å². The van der Waals surface area contributed by atoms with Crippen molar-refractivity contribution in [2.75, 3.05) is 7.11 Å². The zero-order valence-electron chi connectivity index (χ0n) is 14.2. The van der Waals surface area contributed by atoms with E-state index in [4.69, 9.17) is 4.74 Å². The van der Waals surface area contributed by atoms with Gasteiger partial charge in [0, 0.05) is 18.8 Å². The molecule has 0 saturated heterocycles. The first-order chi connectivity index (χ1) is 11.5. The zero-order chi connectivity index (χ0) is 17.3. The highest BCUT2D eigenvalue weighted by Crippen LogP contribution is 2.23. The number of carbonyl (C=O) groups is 1. The van der Waals surface area contributed by atoms with Gasteiger partial charge in [0.05, 0.1) is 17.3 Å². The number of rotatable bonds is 4. The summed E-state index contributed by atoms with van der Waals surface area (Å²) in [4.78, 5) is 17.4. The van der Waals surface area contributed by atoms with Crippen LogP contribution in [0.5, 0.6) is 5.75 Å². The monoisotopic (exact) mass is 344 g/mol. The largest absolute Gasteiger partial charge is 0.497 e. The summed E-state index contributed by atoms with van der Waals surface area (Å²) < 4.78 is 10.1. The molecule has 0 aliphatic carbocycles. The van der Waals surface area contributed by atoms with Gasteiger partial charge in [0.25, 0.3) is 5.91 Å². The van der Waals surface area contributed by atoms with Crippen molar-refractivity contribution < 1.29 is 9.53 Å². The Bertz CT molecular complexity index is 949. The number of benzene rings is 1. The Morgan fingerprint density at radius 1 is 1.38 bits per heavy atom. The molecular formula is C17H20N4O2S. The van der Waals surface area contributed by atoms with E-state index in [2.05, 4.69) is 10.1 Å². The maximum Gasteiger partial charge on any atom is 0.300 e. The molecule has 1 amide bonds. The minimum Gasteiger partial charge on any atom is -0.497 e. The summed E-state index contributed by atoms with van der Waals surface area (Å²) in [5, 5.41) is 4.29. The van der Waals surface area contributed by atoms with Crippen LogP contribution in [0.1, 0.15) is 37.3 Å². The second-order valence-electron chi connectivity index (χ2n) is 5.65. The summed E-state index contributed by atoms with van der Waals surface area (Å²) in [7, 11) is 1.64. The van der Waals surface area contributed by atoms with Crippen molar-refractivity contribution in [3.8, 4) is 5.75 Å². The number of nitrogens with zero attached hydrogens (tertiary/aromatic N) is 4. The second-order valence-corrected chi connectivity index (χ2v) is 6.66. The van der Waals surface area contributed by atoms with Crippen LogP contribution in [0, 0.1) is 0 Å². The van der Waals surface area contributed by atoms with Crippen molar-refractivity contribution in [1.82, 2.24) is 14.3 Å². The van der Waals surface area contributed by atoms with Gasteiger partial charge in [-0.2, -0.15) is 10.1 Å². The van der Waals surface area contributed by atoms with Crippen molar-refractivity contribution in [2.45, 2.75) is 33.4 Å². The highest BCUT2D eigenvalue weighted by atomic mass is 32.1. The van der Waals surface area contributed by atoms with Gasteiger partial charge in [-0.3, -0.25) is 9.48 Å². The Morgan fingerprint density at radius 3 is 2.79 bits per heavy atom. The third-order valence-electron chi connectivity index (χ3n) is 3.76. The van der Waals surface area contributed by atoms with Crippen molar-refractivity contribution in [1.29, 1.82) is 0 Å². The molecule has 24 heavy (non-hydrogen) atoms. The van der Waals surface area contributed by atoms with E-state index in [1.807, 2.05) is 43.5 Å². The quantitative estimate of drug-likeness (QED) is 0.730. The number of methoxy groups -OCH3 is 1. The van der Waals surface area contributed by atoms with Crippen LogP contribution < -0.4 is 9.54 Å². The van der Waals surface area contributed by atoms with E-state index < -0.39 is 0 Å². The molecule has 0 unspecified atom stereocenters. The molecule has 3 aromatic rings. The molecule has 0 spiro atoms. The predicted octanol–water partition coefficient (Wildman–Crippen LogP) is 3.25. The molecule has 126 valence electrons. The van der Waals surface area contributed by atoms with Gasteiger partial charge >= 0.3 is 0 Å². The van der Waals surface area contributed by atoms with Crippen molar-refractivity contribution in [2.24, 2.45) is 4.99 Å². The van der Waals surface area contributed by atoms with E-state index in [0.717, 1.165) is 22.5 Å². The zero-order valence-corrected chi connectivity index (χ0v) is 15.0. The van der Waals surface area contributed by atoms with Crippen LogP contribution in [0.4, 0.5) is 0 Å². The molecule has 0 aliphatic rings. The van der Waals surface area contributed by atoms with Crippen LogP contribution in [0.15, 0.2) is 35.5 Å². The summed E-state index contributed by atoms with van der Waals surface area (Å²) >= 11 is 1.47. The molecule has 6 nitrogen and oxygen atoms in total. The van der Waals surface area contributed by atoms with Crippen LogP contribution in [0.3, 0.4) is 0 Å². The summed E-state index contributed by atoms with van der Waals surface area (Å²) in [6, 6.07) is 7.79. The third-order valence-corrected chi connectivity index (χ3v) is 4.80. The number of hydrogen-bond acceptors (Lipinski definition) is 4. The van der Waals surface area contributed by atoms with E-state index in [9.17, 15) is 4.79 Å². The first-order valence-corrected chi connectivity index (χ1v) is 8.66. The van der Waals surface area contributed by atoms with Crippen LogP contribution in [-0.2, 0) is 6.54 Å². The minimum atomic E-state index is -0.324. The Balaban J connectivity index is 2.06. The number of hydrogen-bond donors (Lipinski definition) is 0. The molecule has 2 aromatic heterocycles. The van der Waals surface area contributed by atoms with Gasteiger partial charge in [-0.15, -0.1) is 0 Å². The van der Waals surface area contributed by atoms with E-state index in [-0.39, 0.29) is 11.9 Å². The number of thiazole rings is 1. The van der Waals surface area contributed by atoms with E-state index in [1.165, 1.54) is 11.3 Å². The van der Waals surface area contributed by atoms with Gasteiger partial charge in [-0.1, -0.05) is 11.3 Å². The van der Waals surface area contributed by atoms with Crippen molar-refractivity contribution >= 4 is 27.5 Å². The number of amides is 1. The fourth-order valence-corrected chi connectivity index (χ4v) is 3.58. The van der Waals surface area contributed by atoms with Gasteiger partial charge in [0.2, 0.25) is 0 Å². The smallest absolute Gasteiger partial charge is 0.300 e. The highest BCUT2D eigenvalue weighted by molar-refractivity contribution is 7.16. The molecule has 3 rings (SSSR count).